The lowest BCUT2D eigenvalue weighted by Gasteiger charge is -2.31. The number of thiophene rings is 1. The fourth-order valence-electron chi connectivity index (χ4n) is 2.56. The Labute approximate surface area is 141 Å². The number of likely N-dealkylation sites (N-methyl/N-ethyl adjacent to an activating group) is 1. The lowest BCUT2D eigenvalue weighted by Crippen LogP contribution is -2.43. The molecule has 0 bridgehead atoms. The van der Waals surface area contributed by atoms with E-state index in [2.05, 4.69) is 15.2 Å². The van der Waals surface area contributed by atoms with Gasteiger partial charge in [0.15, 0.2) is 0 Å². The normalized spacial score (nSPS) is 18.8. The van der Waals surface area contributed by atoms with Crippen LogP contribution in [0.1, 0.15) is 18.5 Å². The average molecular weight is 350 g/mol. The van der Waals surface area contributed by atoms with Crippen LogP contribution in [0.5, 0.6) is 0 Å². The Morgan fingerprint density at radius 3 is 3.05 bits per heavy atom. The fraction of sp³-hybridized carbons (Fsp3) is 0.500. The van der Waals surface area contributed by atoms with Gasteiger partial charge < -0.3 is 9.73 Å². The van der Waals surface area contributed by atoms with Crippen molar-refractivity contribution in [3.63, 3.8) is 0 Å². The summed E-state index contributed by atoms with van der Waals surface area (Å²) in [6.45, 7) is 3.13. The maximum Gasteiger partial charge on any atom is 0.236 e. The summed E-state index contributed by atoms with van der Waals surface area (Å²) in [5.41, 5.74) is 1.03. The van der Waals surface area contributed by atoms with E-state index < -0.39 is 0 Å². The molecule has 0 aromatic carbocycles. The van der Waals surface area contributed by atoms with Gasteiger partial charge >= 0.3 is 0 Å². The molecule has 0 saturated carbocycles. The quantitative estimate of drug-likeness (QED) is 0.917. The van der Waals surface area contributed by atoms with E-state index in [1.807, 2.05) is 24.6 Å². The zero-order valence-corrected chi connectivity index (χ0v) is 14.4. The maximum absolute atomic E-state index is 5.56. The number of aromatic nitrogens is 1. The van der Waals surface area contributed by atoms with Crippen LogP contribution in [0.25, 0.3) is 10.8 Å². The van der Waals surface area contributed by atoms with Gasteiger partial charge in [-0.3, -0.25) is 4.90 Å². The summed E-state index contributed by atoms with van der Waals surface area (Å²) in [4.78, 5) is 8.12. The van der Waals surface area contributed by atoms with E-state index in [0.29, 0.717) is 6.04 Å². The van der Waals surface area contributed by atoms with E-state index in [1.54, 1.807) is 17.6 Å². The minimum absolute atomic E-state index is 0. The number of halogens is 2. The minimum atomic E-state index is 0. The molecule has 2 aromatic rings. The van der Waals surface area contributed by atoms with Crippen LogP contribution in [0.2, 0.25) is 0 Å². The summed E-state index contributed by atoms with van der Waals surface area (Å²) in [6, 6.07) is 4.67. The van der Waals surface area contributed by atoms with Gasteiger partial charge in [-0.15, -0.1) is 36.2 Å². The van der Waals surface area contributed by atoms with Crippen molar-refractivity contribution in [3.8, 4) is 10.8 Å². The SMILES string of the molecule is CNC1CCCN(Cc2coc(-c3cccs3)n2)C1.Cl.Cl. The van der Waals surface area contributed by atoms with Crippen LogP contribution < -0.4 is 5.32 Å². The van der Waals surface area contributed by atoms with Gasteiger partial charge in [-0.2, -0.15) is 0 Å². The lowest BCUT2D eigenvalue weighted by molar-refractivity contribution is 0.186. The molecular weight excluding hydrogens is 329 g/mol. The van der Waals surface area contributed by atoms with Crippen molar-refractivity contribution in [2.75, 3.05) is 20.1 Å². The Kier molecular flexibility index (Phi) is 7.70. The monoisotopic (exact) mass is 349 g/mol. The van der Waals surface area contributed by atoms with Crippen LogP contribution >= 0.6 is 36.2 Å². The summed E-state index contributed by atoms with van der Waals surface area (Å²) in [7, 11) is 2.04. The molecule has 0 spiro atoms. The summed E-state index contributed by atoms with van der Waals surface area (Å²) >= 11 is 1.66. The second kappa shape index (κ2) is 8.76. The Balaban J connectivity index is 0.00000110. The number of hydrogen-bond acceptors (Lipinski definition) is 5. The number of oxazole rings is 1. The van der Waals surface area contributed by atoms with Gasteiger partial charge in [0.25, 0.3) is 0 Å². The van der Waals surface area contributed by atoms with E-state index in [1.165, 1.54) is 12.8 Å². The molecule has 1 aliphatic heterocycles. The van der Waals surface area contributed by atoms with Gasteiger partial charge in [-0.1, -0.05) is 6.07 Å². The highest BCUT2D eigenvalue weighted by Gasteiger charge is 2.19. The largest absolute Gasteiger partial charge is 0.444 e. The van der Waals surface area contributed by atoms with Crippen molar-refractivity contribution >= 4 is 36.2 Å². The number of piperidine rings is 1. The zero-order valence-electron chi connectivity index (χ0n) is 11.9. The molecule has 1 atom stereocenters. The molecule has 118 valence electrons. The molecule has 1 fully saturated rings. The molecule has 1 aliphatic rings. The number of likely N-dealkylation sites (tertiary alicyclic amines) is 1. The van der Waals surface area contributed by atoms with Crippen molar-refractivity contribution in [1.29, 1.82) is 0 Å². The Morgan fingerprint density at radius 2 is 2.33 bits per heavy atom. The van der Waals surface area contributed by atoms with E-state index >= 15 is 0 Å². The first-order chi connectivity index (χ1) is 9.35. The van der Waals surface area contributed by atoms with Crippen molar-refractivity contribution in [2.45, 2.75) is 25.4 Å². The molecule has 2 aromatic heterocycles. The topological polar surface area (TPSA) is 41.3 Å². The third-order valence-corrected chi connectivity index (χ3v) is 4.44. The molecule has 4 nitrogen and oxygen atoms in total. The first kappa shape index (κ1) is 18.5. The molecule has 3 heterocycles. The highest BCUT2D eigenvalue weighted by atomic mass is 35.5. The molecule has 0 aliphatic carbocycles. The van der Waals surface area contributed by atoms with Gasteiger partial charge in [0, 0.05) is 19.1 Å². The highest BCUT2D eigenvalue weighted by molar-refractivity contribution is 7.13. The van der Waals surface area contributed by atoms with Crippen LogP contribution in [0.4, 0.5) is 0 Å². The number of nitrogens with zero attached hydrogens (tertiary/aromatic N) is 2. The second-order valence-corrected chi connectivity index (χ2v) is 5.93. The first-order valence-corrected chi connectivity index (χ1v) is 7.61. The molecule has 0 radical (unpaired) electrons. The summed E-state index contributed by atoms with van der Waals surface area (Å²) < 4.78 is 5.56. The summed E-state index contributed by atoms with van der Waals surface area (Å²) in [5, 5.41) is 5.41. The van der Waals surface area contributed by atoms with Crippen molar-refractivity contribution < 1.29 is 4.42 Å². The summed E-state index contributed by atoms with van der Waals surface area (Å²) in [6.07, 6.45) is 4.31. The number of hydrogen-bond donors (Lipinski definition) is 1. The van der Waals surface area contributed by atoms with Crippen LogP contribution in [0.3, 0.4) is 0 Å². The van der Waals surface area contributed by atoms with E-state index in [-0.39, 0.29) is 24.8 Å². The summed E-state index contributed by atoms with van der Waals surface area (Å²) in [5.74, 6) is 0.743. The van der Waals surface area contributed by atoms with Crippen molar-refractivity contribution in [1.82, 2.24) is 15.2 Å². The maximum atomic E-state index is 5.56. The molecule has 1 saturated heterocycles. The third kappa shape index (κ3) is 4.69. The first-order valence-electron chi connectivity index (χ1n) is 6.73. The van der Waals surface area contributed by atoms with E-state index in [9.17, 15) is 0 Å². The number of nitrogens with one attached hydrogen (secondary N) is 1. The van der Waals surface area contributed by atoms with Gasteiger partial charge in [0.1, 0.15) is 6.26 Å². The predicted octanol–water partition coefficient (Wildman–Crippen LogP) is 3.43. The van der Waals surface area contributed by atoms with Gasteiger partial charge in [-0.25, -0.2) is 4.98 Å². The van der Waals surface area contributed by atoms with Crippen molar-refractivity contribution in [3.05, 3.63) is 29.5 Å². The predicted molar refractivity (Wildman–Crippen MR) is 91.7 cm³/mol. The van der Waals surface area contributed by atoms with Gasteiger partial charge in [0.2, 0.25) is 5.89 Å². The van der Waals surface area contributed by atoms with Crippen LogP contribution in [-0.4, -0.2) is 36.1 Å². The zero-order chi connectivity index (χ0) is 13.1. The van der Waals surface area contributed by atoms with Gasteiger partial charge in [-0.05, 0) is 37.9 Å². The Morgan fingerprint density at radius 1 is 1.48 bits per heavy atom. The van der Waals surface area contributed by atoms with E-state index in [0.717, 1.165) is 36.1 Å². The standard InChI is InChI=1S/C14H19N3OS.2ClH/c1-15-11-4-2-6-17(8-11)9-12-10-18-14(16-12)13-5-3-7-19-13;;/h3,5,7,10-11,15H,2,4,6,8-9H2,1H3;2*1H. The molecule has 1 unspecified atom stereocenters. The minimum Gasteiger partial charge on any atom is -0.444 e. The van der Waals surface area contributed by atoms with Crippen LogP contribution in [-0.2, 0) is 6.54 Å². The highest BCUT2D eigenvalue weighted by Crippen LogP contribution is 2.24. The third-order valence-electron chi connectivity index (χ3n) is 3.58. The van der Waals surface area contributed by atoms with Crippen molar-refractivity contribution in [2.24, 2.45) is 0 Å². The molecule has 1 N–H and O–H groups in total. The average Bonchev–Trinajstić information content (AvgIpc) is 3.09. The van der Waals surface area contributed by atoms with Crippen LogP contribution in [0, 0.1) is 0 Å². The molecule has 0 amide bonds. The van der Waals surface area contributed by atoms with E-state index in [4.69, 9.17) is 4.42 Å². The molecule has 7 heteroatoms. The second-order valence-electron chi connectivity index (χ2n) is 4.98. The fourth-order valence-corrected chi connectivity index (χ4v) is 3.21. The lowest BCUT2D eigenvalue weighted by atomic mass is 10.1. The van der Waals surface area contributed by atoms with Crippen LogP contribution in [0.15, 0.2) is 28.2 Å². The molecular formula is C14H21Cl2N3OS. The Bertz CT molecular complexity index is 518. The Hall–Kier alpha value is -0.590. The molecule has 21 heavy (non-hydrogen) atoms. The molecule has 3 rings (SSSR count). The van der Waals surface area contributed by atoms with Gasteiger partial charge in [0.05, 0.1) is 10.6 Å². The smallest absolute Gasteiger partial charge is 0.236 e. The number of rotatable bonds is 4.